The molecule has 53 heavy (non-hydrogen) atoms. The molecule has 0 fully saturated rings. The maximum Gasteiger partial charge on any atom is 0.162 e. The van der Waals surface area contributed by atoms with E-state index < -0.39 is 0 Å². The highest BCUT2D eigenvalue weighted by atomic mass is 16.3. The number of hydrogen-bond donors (Lipinski definition) is 0. The lowest BCUT2D eigenvalue weighted by Gasteiger charge is -2.21. The van der Waals surface area contributed by atoms with Crippen LogP contribution >= 0.6 is 0 Å². The number of fused-ring (bicyclic) bond motifs is 9. The Kier molecular flexibility index (Phi) is 6.27. The average molecular weight is 680 g/mol. The summed E-state index contributed by atoms with van der Waals surface area (Å²) >= 11 is 0. The smallest absolute Gasteiger partial charge is 0.162 e. The summed E-state index contributed by atoms with van der Waals surface area (Å²) in [5.74, 6) is 1.52. The predicted molar refractivity (Wildman–Crippen MR) is 218 cm³/mol. The third kappa shape index (κ3) is 4.49. The molecule has 3 aromatic heterocycles. The van der Waals surface area contributed by atoms with E-state index in [0.717, 1.165) is 66.7 Å². The van der Waals surface area contributed by atoms with Gasteiger partial charge < -0.3 is 4.42 Å². The van der Waals surface area contributed by atoms with Crippen molar-refractivity contribution in [1.29, 1.82) is 0 Å². The molecule has 4 nitrogen and oxygen atoms in total. The fourth-order valence-corrected chi connectivity index (χ4v) is 8.57. The maximum absolute atomic E-state index is 6.65. The highest BCUT2D eigenvalue weighted by Crippen LogP contribution is 2.51. The van der Waals surface area contributed by atoms with E-state index in [0.29, 0.717) is 5.82 Å². The molecule has 250 valence electrons. The van der Waals surface area contributed by atoms with Gasteiger partial charge in [-0.3, -0.25) is 4.57 Å². The zero-order chi connectivity index (χ0) is 35.3. The minimum atomic E-state index is -0.0779. The van der Waals surface area contributed by atoms with Crippen molar-refractivity contribution in [1.82, 2.24) is 14.5 Å². The number of nitrogens with zero attached hydrogens (tertiary/aromatic N) is 3. The summed E-state index contributed by atoms with van der Waals surface area (Å²) in [6, 6.07) is 58.1. The van der Waals surface area contributed by atoms with Crippen LogP contribution in [0.2, 0.25) is 0 Å². The first-order chi connectivity index (χ1) is 26.0. The molecule has 11 rings (SSSR count). The van der Waals surface area contributed by atoms with E-state index in [9.17, 15) is 0 Å². The van der Waals surface area contributed by atoms with Gasteiger partial charge in [-0.05, 0) is 69.8 Å². The second-order valence-corrected chi connectivity index (χ2v) is 14.6. The highest BCUT2D eigenvalue weighted by Gasteiger charge is 2.36. The first kappa shape index (κ1) is 29.9. The molecule has 0 bridgehead atoms. The van der Waals surface area contributed by atoms with E-state index in [1.807, 2.05) is 24.3 Å². The predicted octanol–water partition coefficient (Wildman–Crippen LogP) is 12.8. The summed E-state index contributed by atoms with van der Waals surface area (Å²) in [5.41, 5.74) is 14.4. The van der Waals surface area contributed by atoms with E-state index >= 15 is 0 Å². The Labute approximate surface area is 306 Å². The summed E-state index contributed by atoms with van der Waals surface area (Å²) in [6.45, 7) is 4.62. The molecule has 0 amide bonds. The van der Waals surface area contributed by atoms with E-state index in [1.165, 1.54) is 33.0 Å². The van der Waals surface area contributed by atoms with Crippen LogP contribution in [0, 0.1) is 0 Å². The SMILES string of the molecule is CC1(C)c2ccccc2-c2cc3c(cc21)oc1cc(-c2ccc4c5ccccc5n(-c5cc(-c6ccccc6)nc(-c6ccccc6)n5)c4c2)ccc13. The summed E-state index contributed by atoms with van der Waals surface area (Å²) < 4.78 is 8.94. The van der Waals surface area contributed by atoms with Crippen molar-refractivity contribution in [2.24, 2.45) is 0 Å². The van der Waals surface area contributed by atoms with Crippen LogP contribution in [0.5, 0.6) is 0 Å². The molecule has 0 saturated heterocycles. The Balaban J connectivity index is 1.09. The van der Waals surface area contributed by atoms with Gasteiger partial charge in [-0.25, -0.2) is 9.97 Å². The van der Waals surface area contributed by atoms with Crippen molar-refractivity contribution in [2.75, 3.05) is 0 Å². The van der Waals surface area contributed by atoms with Crippen LogP contribution in [0.15, 0.2) is 168 Å². The quantitative estimate of drug-likeness (QED) is 0.186. The van der Waals surface area contributed by atoms with Crippen molar-refractivity contribution >= 4 is 43.7 Å². The molecule has 1 aliphatic carbocycles. The molecule has 0 radical (unpaired) electrons. The van der Waals surface area contributed by atoms with Crippen LogP contribution in [-0.4, -0.2) is 14.5 Å². The van der Waals surface area contributed by atoms with Gasteiger partial charge in [0.25, 0.3) is 0 Å². The Morgan fingerprint density at radius 3 is 1.94 bits per heavy atom. The zero-order valence-electron chi connectivity index (χ0n) is 29.3. The molecule has 0 spiro atoms. The third-order valence-electron chi connectivity index (χ3n) is 11.2. The van der Waals surface area contributed by atoms with Crippen molar-refractivity contribution in [3.8, 4) is 50.7 Å². The Morgan fingerprint density at radius 1 is 0.453 bits per heavy atom. The number of para-hydroxylation sites is 1. The van der Waals surface area contributed by atoms with E-state index in [4.69, 9.17) is 14.4 Å². The van der Waals surface area contributed by atoms with Crippen molar-refractivity contribution in [3.05, 3.63) is 175 Å². The number of aromatic nitrogens is 3. The van der Waals surface area contributed by atoms with Crippen molar-refractivity contribution < 1.29 is 4.42 Å². The van der Waals surface area contributed by atoms with E-state index in [-0.39, 0.29) is 5.41 Å². The van der Waals surface area contributed by atoms with Crippen LogP contribution in [-0.2, 0) is 5.41 Å². The van der Waals surface area contributed by atoms with Gasteiger partial charge in [0.15, 0.2) is 5.82 Å². The van der Waals surface area contributed by atoms with E-state index in [1.54, 1.807) is 0 Å². The topological polar surface area (TPSA) is 43.9 Å². The maximum atomic E-state index is 6.65. The summed E-state index contributed by atoms with van der Waals surface area (Å²) in [6.07, 6.45) is 0. The standard InChI is InChI=1S/C49H33N3O/c1-49(2)40-19-11-9-17-34(40)38-27-39-37-24-22-33(26-45(37)53-46(39)28-41(38)49)32-21-23-36-35-18-10-12-20-43(35)52(44(36)25-32)47-29-42(30-13-5-3-6-14-30)50-48(51-47)31-15-7-4-8-16-31/h3-29H,1-2H3. The van der Waals surface area contributed by atoms with Crippen molar-refractivity contribution in [3.63, 3.8) is 0 Å². The molecule has 4 heteroatoms. The normalized spacial score (nSPS) is 13.2. The van der Waals surface area contributed by atoms with Gasteiger partial charge in [0, 0.05) is 44.2 Å². The van der Waals surface area contributed by atoms with Crippen LogP contribution in [0.25, 0.3) is 94.5 Å². The van der Waals surface area contributed by atoms with Crippen molar-refractivity contribution in [2.45, 2.75) is 19.3 Å². The first-order valence-corrected chi connectivity index (χ1v) is 18.2. The third-order valence-corrected chi connectivity index (χ3v) is 11.2. The number of furan rings is 1. The molecule has 3 heterocycles. The lowest BCUT2D eigenvalue weighted by molar-refractivity contribution is 0.647. The zero-order valence-corrected chi connectivity index (χ0v) is 29.3. The second kappa shape index (κ2) is 11.1. The molecule has 10 aromatic rings. The number of benzene rings is 7. The van der Waals surface area contributed by atoms with Gasteiger partial charge in [-0.2, -0.15) is 0 Å². The molecule has 7 aromatic carbocycles. The minimum Gasteiger partial charge on any atom is -0.456 e. The first-order valence-electron chi connectivity index (χ1n) is 18.2. The lowest BCUT2D eigenvalue weighted by Crippen LogP contribution is -2.14. The van der Waals surface area contributed by atoms with Crippen LogP contribution in [0.3, 0.4) is 0 Å². The molecule has 1 aliphatic rings. The summed E-state index contributed by atoms with van der Waals surface area (Å²) in [4.78, 5) is 10.3. The summed E-state index contributed by atoms with van der Waals surface area (Å²) in [5, 5.41) is 4.64. The average Bonchev–Trinajstić information content (AvgIpc) is 3.82. The van der Waals surface area contributed by atoms with Crippen LogP contribution in [0.4, 0.5) is 0 Å². The van der Waals surface area contributed by atoms with Gasteiger partial charge in [0.05, 0.1) is 16.7 Å². The fourth-order valence-electron chi connectivity index (χ4n) is 8.57. The molecular weight excluding hydrogens is 647 g/mol. The molecule has 0 saturated carbocycles. The Hall–Kier alpha value is -6.78. The van der Waals surface area contributed by atoms with Gasteiger partial charge in [-0.1, -0.05) is 135 Å². The van der Waals surface area contributed by atoms with Gasteiger partial charge in [0.2, 0.25) is 0 Å². The Morgan fingerprint density at radius 2 is 1.11 bits per heavy atom. The fraction of sp³-hybridized carbons (Fsp3) is 0.0612. The minimum absolute atomic E-state index is 0.0779. The monoisotopic (exact) mass is 679 g/mol. The molecular formula is C49H33N3O. The molecule has 0 aliphatic heterocycles. The van der Waals surface area contributed by atoms with Gasteiger partial charge in [0.1, 0.15) is 17.0 Å². The van der Waals surface area contributed by atoms with Gasteiger partial charge in [-0.15, -0.1) is 0 Å². The van der Waals surface area contributed by atoms with Crippen LogP contribution in [0.1, 0.15) is 25.0 Å². The summed E-state index contributed by atoms with van der Waals surface area (Å²) in [7, 11) is 0. The molecule has 0 N–H and O–H groups in total. The second-order valence-electron chi connectivity index (χ2n) is 14.6. The lowest BCUT2D eigenvalue weighted by atomic mass is 9.82. The van der Waals surface area contributed by atoms with E-state index in [2.05, 4.69) is 158 Å². The molecule has 0 atom stereocenters. The van der Waals surface area contributed by atoms with Gasteiger partial charge >= 0.3 is 0 Å². The Bertz CT molecular complexity index is 3020. The largest absolute Gasteiger partial charge is 0.456 e. The number of hydrogen-bond acceptors (Lipinski definition) is 3. The molecule has 0 unspecified atom stereocenters. The van der Waals surface area contributed by atoms with Crippen LogP contribution < -0.4 is 0 Å². The highest BCUT2D eigenvalue weighted by molar-refractivity contribution is 6.11. The number of rotatable bonds is 4.